The number of rotatable bonds is 10. The minimum Gasteiger partial charge on any atom is -0.497 e. The van der Waals surface area contributed by atoms with Gasteiger partial charge in [0, 0.05) is 17.7 Å². The van der Waals surface area contributed by atoms with Gasteiger partial charge in [0.25, 0.3) is 0 Å². The largest absolute Gasteiger partial charge is 0.497 e. The number of fused-ring (bicyclic) bond motifs is 1. The van der Waals surface area contributed by atoms with Gasteiger partial charge in [0.05, 0.1) is 42.3 Å². The number of benzene rings is 3. The van der Waals surface area contributed by atoms with Gasteiger partial charge < -0.3 is 13.9 Å². The van der Waals surface area contributed by atoms with E-state index in [1.807, 2.05) is 53.5 Å². The number of methoxy groups -OCH3 is 1. The minimum atomic E-state index is -0.441. The maximum atomic E-state index is 13.0. The number of ether oxygens (including phenoxy) is 2. The van der Waals surface area contributed by atoms with E-state index in [0.717, 1.165) is 35.9 Å². The van der Waals surface area contributed by atoms with Crippen molar-refractivity contribution in [3.63, 3.8) is 0 Å². The maximum Gasteiger partial charge on any atom is 0.345 e. The van der Waals surface area contributed by atoms with E-state index < -0.39 is 5.63 Å². The number of carbonyl (C=O) groups is 1. The van der Waals surface area contributed by atoms with Gasteiger partial charge in [0.1, 0.15) is 11.3 Å². The van der Waals surface area contributed by atoms with Gasteiger partial charge in [0.2, 0.25) is 0 Å². The van der Waals surface area contributed by atoms with Crippen molar-refractivity contribution >= 4 is 39.9 Å². The summed E-state index contributed by atoms with van der Waals surface area (Å²) in [5.41, 5.74) is 3.41. The van der Waals surface area contributed by atoms with Crippen molar-refractivity contribution in [2.45, 2.75) is 31.7 Å². The number of nitrogens with zero attached hydrogens (tertiary/aromatic N) is 2. The van der Waals surface area contributed by atoms with Gasteiger partial charge in [-0.2, -0.15) is 5.10 Å². The fraction of sp³-hybridized carbons (Fsp3) is 0.258. The Balaban J connectivity index is 1.43. The highest BCUT2D eigenvalue weighted by atomic mass is 35.5. The second-order valence-electron chi connectivity index (χ2n) is 9.31. The summed E-state index contributed by atoms with van der Waals surface area (Å²) in [6, 6.07) is 24.2. The SMILES string of the molecule is COc1ccc2oc(=O)c(C3=NN(c4ccc(C(=O)OCCCCCCl)cc4)C(c4ccccc4)C3)cc2c1. The van der Waals surface area contributed by atoms with Crippen LogP contribution in [0.15, 0.2) is 93.2 Å². The molecule has 0 saturated heterocycles. The summed E-state index contributed by atoms with van der Waals surface area (Å²) in [6.07, 6.45) is 3.13. The van der Waals surface area contributed by atoms with Crippen LogP contribution in [0.3, 0.4) is 0 Å². The smallest absolute Gasteiger partial charge is 0.345 e. The minimum absolute atomic E-state index is 0.138. The molecule has 0 saturated carbocycles. The highest BCUT2D eigenvalue weighted by molar-refractivity contribution is 6.17. The second kappa shape index (κ2) is 12.2. The van der Waals surface area contributed by atoms with Crippen LogP contribution in [0.1, 0.15) is 53.2 Å². The van der Waals surface area contributed by atoms with Crippen molar-refractivity contribution in [2.24, 2.45) is 5.10 Å². The summed E-state index contributed by atoms with van der Waals surface area (Å²) in [5, 5.41) is 7.53. The van der Waals surface area contributed by atoms with Gasteiger partial charge in [0.15, 0.2) is 0 Å². The molecule has 0 bridgehead atoms. The number of esters is 1. The summed E-state index contributed by atoms with van der Waals surface area (Å²) in [6.45, 7) is 0.369. The van der Waals surface area contributed by atoms with Crippen LogP contribution in [0, 0.1) is 0 Å². The molecule has 4 aromatic rings. The molecule has 1 atom stereocenters. The van der Waals surface area contributed by atoms with Crippen LogP contribution in [0.5, 0.6) is 5.75 Å². The number of hydrogen-bond acceptors (Lipinski definition) is 7. The van der Waals surface area contributed by atoms with Crippen molar-refractivity contribution < 1.29 is 18.7 Å². The molecule has 39 heavy (non-hydrogen) atoms. The van der Waals surface area contributed by atoms with Gasteiger partial charge in [-0.3, -0.25) is 5.01 Å². The van der Waals surface area contributed by atoms with Crippen LogP contribution in [-0.2, 0) is 4.74 Å². The lowest BCUT2D eigenvalue weighted by molar-refractivity contribution is 0.0498. The number of halogens is 1. The van der Waals surface area contributed by atoms with Gasteiger partial charge in [-0.15, -0.1) is 11.6 Å². The van der Waals surface area contributed by atoms with Crippen LogP contribution in [0.2, 0.25) is 0 Å². The Morgan fingerprint density at radius 2 is 1.82 bits per heavy atom. The molecule has 0 radical (unpaired) electrons. The molecule has 7 nitrogen and oxygen atoms in total. The molecule has 3 aromatic carbocycles. The quantitative estimate of drug-likeness (QED) is 0.0953. The van der Waals surface area contributed by atoms with Gasteiger partial charge in [-0.1, -0.05) is 30.3 Å². The monoisotopic (exact) mass is 544 g/mol. The standard InChI is InChI=1S/C31H29ClN2O5/c1-37-25-14-15-29-23(18-25)19-26(31(36)39-29)27-20-28(21-8-4-2-5-9-21)34(33-27)24-12-10-22(11-13-24)30(35)38-17-7-3-6-16-32/h2,4-5,8-15,18-19,28H,3,6-7,16-17,20H2,1H3. The Hall–Kier alpha value is -4.10. The molecule has 200 valence electrons. The first-order chi connectivity index (χ1) is 19.1. The molecule has 1 unspecified atom stereocenters. The zero-order valence-corrected chi connectivity index (χ0v) is 22.4. The predicted octanol–water partition coefficient (Wildman–Crippen LogP) is 6.72. The van der Waals surface area contributed by atoms with Crippen molar-refractivity contribution in [1.82, 2.24) is 0 Å². The molecule has 5 rings (SSSR count). The van der Waals surface area contributed by atoms with E-state index in [0.29, 0.717) is 47.1 Å². The Bertz CT molecular complexity index is 1530. The van der Waals surface area contributed by atoms with Gasteiger partial charge in [-0.25, -0.2) is 9.59 Å². The normalized spacial score (nSPS) is 14.9. The molecule has 2 heterocycles. The van der Waals surface area contributed by atoms with Crippen molar-refractivity contribution in [2.75, 3.05) is 24.6 Å². The van der Waals surface area contributed by atoms with E-state index in [1.54, 1.807) is 37.4 Å². The fourth-order valence-electron chi connectivity index (χ4n) is 4.65. The lowest BCUT2D eigenvalue weighted by atomic mass is 9.98. The lowest BCUT2D eigenvalue weighted by Gasteiger charge is -2.24. The predicted molar refractivity (Wildman–Crippen MR) is 153 cm³/mol. The fourth-order valence-corrected chi connectivity index (χ4v) is 4.84. The molecule has 8 heteroatoms. The van der Waals surface area contributed by atoms with Crippen LogP contribution in [0.4, 0.5) is 5.69 Å². The average Bonchev–Trinajstić information content (AvgIpc) is 3.42. The molecule has 0 N–H and O–H groups in total. The van der Waals surface area contributed by atoms with Crippen LogP contribution >= 0.6 is 11.6 Å². The highest BCUT2D eigenvalue weighted by Crippen LogP contribution is 2.36. The van der Waals surface area contributed by atoms with E-state index in [2.05, 4.69) is 0 Å². The molecular weight excluding hydrogens is 516 g/mol. The molecule has 0 fully saturated rings. The summed E-state index contributed by atoms with van der Waals surface area (Å²) >= 11 is 5.70. The third-order valence-electron chi connectivity index (χ3n) is 6.72. The molecule has 0 spiro atoms. The third kappa shape index (κ3) is 5.99. The first-order valence-electron chi connectivity index (χ1n) is 12.9. The van der Waals surface area contributed by atoms with Gasteiger partial charge in [-0.05, 0) is 73.4 Å². The lowest BCUT2D eigenvalue weighted by Crippen LogP contribution is -2.18. The Kier molecular flexibility index (Phi) is 8.27. The summed E-state index contributed by atoms with van der Waals surface area (Å²) in [7, 11) is 1.60. The van der Waals surface area contributed by atoms with Gasteiger partial charge >= 0.3 is 11.6 Å². The molecule has 0 aliphatic carbocycles. The second-order valence-corrected chi connectivity index (χ2v) is 9.68. The summed E-state index contributed by atoms with van der Waals surface area (Å²) in [4.78, 5) is 25.4. The van der Waals surface area contributed by atoms with Crippen LogP contribution in [-0.4, -0.2) is 31.3 Å². The molecular formula is C31H29ClN2O5. The van der Waals surface area contributed by atoms with Crippen molar-refractivity contribution in [1.29, 1.82) is 0 Å². The Morgan fingerprint density at radius 3 is 2.56 bits per heavy atom. The first-order valence-corrected chi connectivity index (χ1v) is 13.5. The third-order valence-corrected chi connectivity index (χ3v) is 6.99. The van der Waals surface area contributed by atoms with Crippen LogP contribution < -0.4 is 15.4 Å². The summed E-state index contributed by atoms with van der Waals surface area (Å²) in [5.74, 6) is 0.927. The van der Waals surface area contributed by atoms with E-state index >= 15 is 0 Å². The number of hydrogen-bond donors (Lipinski definition) is 0. The van der Waals surface area contributed by atoms with E-state index in [-0.39, 0.29) is 12.0 Å². The molecule has 1 aromatic heterocycles. The molecule has 1 aliphatic heterocycles. The first kappa shape index (κ1) is 26.5. The van der Waals surface area contributed by atoms with E-state index in [4.69, 9.17) is 30.6 Å². The van der Waals surface area contributed by atoms with Crippen LogP contribution in [0.25, 0.3) is 11.0 Å². The Labute approximate surface area is 231 Å². The maximum absolute atomic E-state index is 13.0. The van der Waals surface area contributed by atoms with E-state index in [1.165, 1.54) is 0 Å². The number of hydrazone groups is 1. The van der Waals surface area contributed by atoms with Crippen molar-refractivity contribution in [3.05, 3.63) is 106 Å². The summed E-state index contributed by atoms with van der Waals surface area (Å²) < 4.78 is 16.3. The number of anilines is 1. The number of unbranched alkanes of at least 4 members (excludes halogenated alkanes) is 2. The zero-order valence-electron chi connectivity index (χ0n) is 21.6. The molecule has 0 amide bonds. The molecule has 1 aliphatic rings. The Morgan fingerprint density at radius 1 is 1.03 bits per heavy atom. The number of alkyl halides is 1. The average molecular weight is 545 g/mol. The number of carbonyl (C=O) groups excluding carboxylic acids is 1. The topological polar surface area (TPSA) is 81.3 Å². The highest BCUT2D eigenvalue weighted by Gasteiger charge is 2.31. The van der Waals surface area contributed by atoms with Crippen molar-refractivity contribution in [3.8, 4) is 5.75 Å². The van der Waals surface area contributed by atoms with E-state index in [9.17, 15) is 9.59 Å². The zero-order chi connectivity index (χ0) is 27.2.